The summed E-state index contributed by atoms with van der Waals surface area (Å²) in [4.78, 5) is 0. The van der Waals surface area contributed by atoms with E-state index in [0.29, 0.717) is 6.54 Å². The van der Waals surface area contributed by atoms with E-state index in [2.05, 4.69) is 0 Å². The second-order valence-corrected chi connectivity index (χ2v) is 5.47. The second-order valence-electron chi connectivity index (χ2n) is 3.99. The Bertz CT molecular complexity index is 195. The first-order valence-electron chi connectivity index (χ1n) is 4.77. The van der Waals surface area contributed by atoms with E-state index >= 15 is 0 Å². The smallest absolute Gasteiger partial charge is 0.329 e. The molecule has 0 amide bonds. The Balaban J connectivity index is 2.57. The Labute approximate surface area is 86.6 Å². The highest BCUT2D eigenvalue weighted by Gasteiger charge is 2.43. The van der Waals surface area contributed by atoms with Crippen molar-refractivity contribution in [2.75, 3.05) is 6.54 Å². The molecule has 0 aromatic rings. The summed E-state index contributed by atoms with van der Waals surface area (Å²) in [6.07, 6.45) is -4.73. The summed E-state index contributed by atoms with van der Waals surface area (Å²) >= 11 is 1.41. The highest BCUT2D eigenvalue weighted by Crippen LogP contribution is 2.46. The van der Waals surface area contributed by atoms with Crippen LogP contribution < -0.4 is 5.73 Å². The van der Waals surface area contributed by atoms with Gasteiger partial charge in [0.25, 0.3) is 0 Å². The largest absolute Gasteiger partial charge is 0.390 e. The van der Waals surface area contributed by atoms with Gasteiger partial charge in [0.2, 0.25) is 0 Å². The predicted octanol–water partition coefficient (Wildman–Crippen LogP) is 2.65. The molecule has 5 heteroatoms. The van der Waals surface area contributed by atoms with E-state index in [4.69, 9.17) is 5.73 Å². The van der Waals surface area contributed by atoms with Crippen LogP contribution in [0.25, 0.3) is 0 Å². The molecule has 1 heterocycles. The van der Waals surface area contributed by atoms with Crippen molar-refractivity contribution in [1.82, 2.24) is 0 Å². The van der Waals surface area contributed by atoms with Gasteiger partial charge in [0.15, 0.2) is 0 Å². The van der Waals surface area contributed by atoms with Gasteiger partial charge in [0.1, 0.15) is 0 Å². The lowest BCUT2D eigenvalue weighted by molar-refractivity contribution is -0.136. The Hall–Kier alpha value is 0.100. The van der Waals surface area contributed by atoms with Crippen LogP contribution in [0.15, 0.2) is 0 Å². The highest BCUT2D eigenvalue weighted by atomic mass is 32.2. The lowest BCUT2D eigenvalue weighted by atomic mass is 9.89. The molecule has 0 bridgehead atoms. The third-order valence-electron chi connectivity index (χ3n) is 3.02. The molecule has 1 rings (SSSR count). The van der Waals surface area contributed by atoms with Gasteiger partial charge in [-0.15, -0.1) is 0 Å². The quantitative estimate of drug-likeness (QED) is 0.785. The van der Waals surface area contributed by atoms with Crippen LogP contribution in [0, 0.1) is 11.8 Å². The third-order valence-corrected chi connectivity index (χ3v) is 4.93. The molecule has 0 aromatic heterocycles. The summed E-state index contributed by atoms with van der Waals surface area (Å²) in [5.74, 6) is 0.396. The second kappa shape index (κ2) is 4.31. The predicted molar refractivity (Wildman–Crippen MR) is 53.2 cm³/mol. The van der Waals surface area contributed by atoms with Gasteiger partial charge < -0.3 is 5.73 Å². The molecule has 0 radical (unpaired) electrons. The third kappa shape index (κ3) is 2.79. The van der Waals surface area contributed by atoms with E-state index in [1.165, 1.54) is 11.8 Å². The van der Waals surface area contributed by atoms with Crippen molar-refractivity contribution >= 4 is 11.8 Å². The molecule has 1 fully saturated rings. The fourth-order valence-corrected chi connectivity index (χ4v) is 3.72. The van der Waals surface area contributed by atoms with E-state index in [0.717, 1.165) is 0 Å². The molecule has 1 aliphatic rings. The maximum absolute atomic E-state index is 12.2. The van der Waals surface area contributed by atoms with Crippen molar-refractivity contribution in [2.45, 2.75) is 36.9 Å². The first-order valence-corrected chi connectivity index (χ1v) is 5.71. The van der Waals surface area contributed by atoms with Gasteiger partial charge in [0, 0.05) is 17.0 Å². The zero-order valence-corrected chi connectivity index (χ0v) is 9.16. The van der Waals surface area contributed by atoms with Gasteiger partial charge >= 0.3 is 6.18 Å². The number of hydrogen-bond donors (Lipinski definition) is 1. The van der Waals surface area contributed by atoms with E-state index in [-0.39, 0.29) is 22.3 Å². The van der Waals surface area contributed by atoms with E-state index in [1.807, 2.05) is 13.8 Å². The van der Waals surface area contributed by atoms with Crippen molar-refractivity contribution in [3.63, 3.8) is 0 Å². The van der Waals surface area contributed by atoms with Crippen LogP contribution in [0.1, 0.15) is 20.3 Å². The van der Waals surface area contributed by atoms with Crippen molar-refractivity contribution in [2.24, 2.45) is 17.6 Å². The fourth-order valence-electron chi connectivity index (χ4n) is 1.88. The number of alkyl halides is 3. The first-order chi connectivity index (χ1) is 6.35. The number of rotatable bonds is 2. The van der Waals surface area contributed by atoms with Crippen LogP contribution in [-0.2, 0) is 0 Å². The number of hydrogen-bond acceptors (Lipinski definition) is 2. The van der Waals surface area contributed by atoms with E-state index in [9.17, 15) is 13.2 Å². The zero-order chi connectivity index (χ0) is 10.9. The summed E-state index contributed by atoms with van der Waals surface area (Å²) < 4.78 is 36.6. The van der Waals surface area contributed by atoms with Crippen LogP contribution in [-0.4, -0.2) is 23.2 Å². The molecular weight excluding hydrogens is 211 g/mol. The van der Waals surface area contributed by atoms with Crippen LogP contribution in [0.4, 0.5) is 13.2 Å². The fraction of sp³-hybridized carbons (Fsp3) is 1.00. The number of nitrogens with two attached hydrogens (primary N) is 1. The topological polar surface area (TPSA) is 26.0 Å². The van der Waals surface area contributed by atoms with Crippen LogP contribution in [0.3, 0.4) is 0 Å². The minimum absolute atomic E-state index is 0.107. The molecule has 0 aromatic carbocycles. The molecule has 1 saturated heterocycles. The molecule has 84 valence electrons. The average Bonchev–Trinajstić information content (AvgIpc) is 2.30. The van der Waals surface area contributed by atoms with Gasteiger partial charge in [-0.3, -0.25) is 0 Å². The van der Waals surface area contributed by atoms with E-state index < -0.39 is 12.6 Å². The lowest BCUT2D eigenvalue weighted by Crippen LogP contribution is -2.24. The molecule has 1 nitrogen and oxygen atoms in total. The molecule has 4 atom stereocenters. The molecule has 14 heavy (non-hydrogen) atoms. The first kappa shape index (κ1) is 12.2. The monoisotopic (exact) mass is 227 g/mol. The van der Waals surface area contributed by atoms with Gasteiger partial charge in [-0.1, -0.05) is 13.8 Å². The summed E-state index contributed by atoms with van der Waals surface area (Å²) in [6.45, 7) is 4.36. The Morgan fingerprint density at radius 1 is 1.14 bits per heavy atom. The molecule has 0 saturated carbocycles. The minimum atomic E-state index is -4.05. The maximum Gasteiger partial charge on any atom is 0.390 e. The maximum atomic E-state index is 12.2. The normalized spacial score (nSPS) is 39.0. The van der Waals surface area contributed by atoms with Crippen LogP contribution in [0.2, 0.25) is 0 Å². The molecule has 0 aliphatic carbocycles. The molecular formula is C9H16F3NS. The Kier molecular flexibility index (Phi) is 3.75. The SMILES string of the molecule is CC1C(CN)SC(CC(F)(F)F)[C@H]1C. The molecule has 2 N–H and O–H groups in total. The van der Waals surface area contributed by atoms with Gasteiger partial charge in [-0.05, 0) is 11.8 Å². The zero-order valence-electron chi connectivity index (χ0n) is 8.34. The number of halogens is 3. The van der Waals surface area contributed by atoms with Crippen molar-refractivity contribution < 1.29 is 13.2 Å². The number of thioether (sulfide) groups is 1. The summed E-state index contributed by atoms with van der Waals surface area (Å²) in [5, 5.41) is -0.115. The summed E-state index contributed by atoms with van der Waals surface area (Å²) in [5.41, 5.74) is 5.51. The van der Waals surface area contributed by atoms with Crippen molar-refractivity contribution in [1.29, 1.82) is 0 Å². The lowest BCUT2D eigenvalue weighted by Gasteiger charge is -2.18. The van der Waals surface area contributed by atoms with Crippen LogP contribution >= 0.6 is 11.8 Å². The van der Waals surface area contributed by atoms with Gasteiger partial charge in [-0.25, -0.2) is 0 Å². The summed E-state index contributed by atoms with van der Waals surface area (Å²) in [6, 6.07) is 0. The molecule has 1 aliphatic heterocycles. The average molecular weight is 227 g/mol. The molecule has 0 spiro atoms. The highest BCUT2D eigenvalue weighted by molar-refractivity contribution is 8.00. The van der Waals surface area contributed by atoms with E-state index in [1.54, 1.807) is 0 Å². The van der Waals surface area contributed by atoms with Gasteiger partial charge in [0.05, 0.1) is 6.42 Å². The summed E-state index contributed by atoms with van der Waals surface area (Å²) in [7, 11) is 0. The Morgan fingerprint density at radius 3 is 2.00 bits per heavy atom. The standard InChI is InChI=1S/C9H16F3NS/c1-5-6(2)8(4-13)14-7(5)3-9(10,11)12/h5-8H,3-4,13H2,1-2H3/t5-,6?,7?,8?/m0/s1. The van der Waals surface area contributed by atoms with Crippen molar-refractivity contribution in [3.8, 4) is 0 Å². The Morgan fingerprint density at radius 2 is 1.64 bits per heavy atom. The van der Waals surface area contributed by atoms with Crippen LogP contribution in [0.5, 0.6) is 0 Å². The van der Waals surface area contributed by atoms with Gasteiger partial charge in [-0.2, -0.15) is 24.9 Å². The minimum Gasteiger partial charge on any atom is -0.329 e. The van der Waals surface area contributed by atoms with Crippen molar-refractivity contribution in [3.05, 3.63) is 0 Å². The molecule has 3 unspecified atom stereocenters.